The Morgan fingerprint density at radius 3 is 2.65 bits per heavy atom. The summed E-state index contributed by atoms with van der Waals surface area (Å²) in [7, 11) is 0. The Morgan fingerprint density at radius 1 is 1.47 bits per heavy atom. The van der Waals surface area contributed by atoms with Gasteiger partial charge in [-0.25, -0.2) is 4.39 Å². The molecule has 0 aliphatic carbocycles. The molecule has 1 atom stereocenters. The van der Waals surface area contributed by atoms with Crippen LogP contribution in [0.4, 0.5) is 4.39 Å². The fourth-order valence-electron chi connectivity index (χ4n) is 1.26. The highest BCUT2D eigenvalue weighted by atomic mass is 35.5. The SMILES string of the molecule is CC(C)[C@@H](N)C(=O)NCc1cccc(F)c1.Cl. The van der Waals surface area contributed by atoms with Gasteiger partial charge in [-0.05, 0) is 23.6 Å². The second-order valence-corrected chi connectivity index (χ2v) is 4.12. The normalized spacial score (nSPS) is 11.8. The van der Waals surface area contributed by atoms with Crippen LogP contribution in [0, 0.1) is 11.7 Å². The van der Waals surface area contributed by atoms with Gasteiger partial charge in [0.05, 0.1) is 6.04 Å². The van der Waals surface area contributed by atoms with Crippen LogP contribution in [-0.4, -0.2) is 11.9 Å². The number of nitrogens with two attached hydrogens (primary N) is 1. The third-order valence-electron chi connectivity index (χ3n) is 2.38. The molecular weight excluding hydrogens is 243 g/mol. The van der Waals surface area contributed by atoms with Gasteiger partial charge in [0.2, 0.25) is 5.91 Å². The summed E-state index contributed by atoms with van der Waals surface area (Å²) in [6.07, 6.45) is 0. The lowest BCUT2D eigenvalue weighted by Gasteiger charge is -2.15. The van der Waals surface area contributed by atoms with Gasteiger partial charge in [0.25, 0.3) is 0 Å². The molecule has 1 aromatic carbocycles. The van der Waals surface area contributed by atoms with Crippen LogP contribution in [0.3, 0.4) is 0 Å². The van der Waals surface area contributed by atoms with Gasteiger partial charge in [-0.1, -0.05) is 26.0 Å². The molecule has 3 N–H and O–H groups in total. The first-order valence-electron chi connectivity index (χ1n) is 5.28. The summed E-state index contributed by atoms with van der Waals surface area (Å²) in [5, 5.41) is 2.68. The third-order valence-corrected chi connectivity index (χ3v) is 2.38. The van der Waals surface area contributed by atoms with Gasteiger partial charge < -0.3 is 11.1 Å². The van der Waals surface area contributed by atoms with E-state index in [2.05, 4.69) is 5.32 Å². The number of hydrogen-bond donors (Lipinski definition) is 2. The zero-order valence-electron chi connectivity index (χ0n) is 9.94. The highest BCUT2D eigenvalue weighted by Gasteiger charge is 2.16. The molecule has 0 aliphatic heterocycles. The number of benzene rings is 1. The van der Waals surface area contributed by atoms with Crippen LogP contribution in [0.15, 0.2) is 24.3 Å². The smallest absolute Gasteiger partial charge is 0.237 e. The van der Waals surface area contributed by atoms with Gasteiger partial charge in [0.15, 0.2) is 0 Å². The molecular formula is C12H18ClFN2O. The Morgan fingerprint density at radius 2 is 2.12 bits per heavy atom. The van der Waals surface area contributed by atoms with Crippen LogP contribution < -0.4 is 11.1 Å². The summed E-state index contributed by atoms with van der Waals surface area (Å²) < 4.78 is 12.8. The van der Waals surface area contributed by atoms with Crippen LogP contribution in [-0.2, 0) is 11.3 Å². The van der Waals surface area contributed by atoms with Crippen molar-refractivity contribution in [3.05, 3.63) is 35.6 Å². The Labute approximate surface area is 107 Å². The number of hydrogen-bond acceptors (Lipinski definition) is 2. The highest BCUT2D eigenvalue weighted by Crippen LogP contribution is 2.03. The minimum Gasteiger partial charge on any atom is -0.351 e. The second-order valence-electron chi connectivity index (χ2n) is 4.12. The first-order valence-corrected chi connectivity index (χ1v) is 5.28. The van der Waals surface area contributed by atoms with Gasteiger partial charge in [0.1, 0.15) is 5.82 Å². The van der Waals surface area contributed by atoms with Crippen molar-refractivity contribution in [1.29, 1.82) is 0 Å². The molecule has 1 rings (SSSR count). The zero-order chi connectivity index (χ0) is 12.1. The summed E-state index contributed by atoms with van der Waals surface area (Å²) in [4.78, 5) is 11.5. The first-order chi connectivity index (χ1) is 7.50. The molecule has 1 aromatic rings. The first kappa shape index (κ1) is 15.9. The molecule has 0 aliphatic rings. The lowest BCUT2D eigenvalue weighted by atomic mass is 10.0. The molecule has 1 amide bonds. The van der Waals surface area contributed by atoms with Crippen LogP contribution in [0.25, 0.3) is 0 Å². The molecule has 0 unspecified atom stereocenters. The number of carbonyl (C=O) groups excluding carboxylic acids is 1. The minimum absolute atomic E-state index is 0. The van der Waals surface area contributed by atoms with Crippen molar-refractivity contribution in [2.75, 3.05) is 0 Å². The Hall–Kier alpha value is -1.13. The molecule has 3 nitrogen and oxygen atoms in total. The van der Waals surface area contributed by atoms with Gasteiger partial charge >= 0.3 is 0 Å². The van der Waals surface area contributed by atoms with Crippen LogP contribution in [0.1, 0.15) is 19.4 Å². The predicted octanol–water partition coefficient (Wildman–Crippen LogP) is 1.85. The van der Waals surface area contributed by atoms with E-state index in [0.29, 0.717) is 6.54 Å². The van der Waals surface area contributed by atoms with Crippen molar-refractivity contribution >= 4 is 18.3 Å². The van der Waals surface area contributed by atoms with E-state index < -0.39 is 6.04 Å². The standard InChI is InChI=1S/C12H17FN2O.ClH/c1-8(2)11(14)12(16)15-7-9-4-3-5-10(13)6-9;/h3-6,8,11H,7,14H2,1-2H3,(H,15,16);1H/t11-;/m1./s1. The molecule has 0 heterocycles. The average molecular weight is 261 g/mol. The zero-order valence-corrected chi connectivity index (χ0v) is 10.8. The van der Waals surface area contributed by atoms with E-state index in [1.807, 2.05) is 13.8 Å². The Bertz CT molecular complexity index is 371. The number of nitrogens with one attached hydrogen (secondary N) is 1. The second kappa shape index (κ2) is 7.25. The van der Waals surface area contributed by atoms with E-state index >= 15 is 0 Å². The number of halogens is 2. The maximum absolute atomic E-state index is 12.8. The van der Waals surface area contributed by atoms with Gasteiger partial charge in [0, 0.05) is 6.54 Å². The lowest BCUT2D eigenvalue weighted by molar-refractivity contribution is -0.123. The lowest BCUT2D eigenvalue weighted by Crippen LogP contribution is -2.43. The van der Waals surface area contributed by atoms with E-state index in [1.165, 1.54) is 12.1 Å². The predicted molar refractivity (Wildman–Crippen MR) is 68.3 cm³/mol. The van der Waals surface area contributed by atoms with Crippen LogP contribution in [0.5, 0.6) is 0 Å². The maximum Gasteiger partial charge on any atom is 0.237 e. The fraction of sp³-hybridized carbons (Fsp3) is 0.417. The van der Waals surface area contributed by atoms with Crippen molar-refractivity contribution in [3.63, 3.8) is 0 Å². The van der Waals surface area contributed by atoms with Crippen molar-refractivity contribution in [3.8, 4) is 0 Å². The van der Waals surface area contributed by atoms with Gasteiger partial charge in [-0.2, -0.15) is 0 Å². The van der Waals surface area contributed by atoms with Crippen molar-refractivity contribution in [2.24, 2.45) is 11.7 Å². The maximum atomic E-state index is 12.8. The van der Waals surface area contributed by atoms with E-state index in [4.69, 9.17) is 5.73 Å². The molecule has 5 heteroatoms. The quantitative estimate of drug-likeness (QED) is 0.868. The molecule has 96 valence electrons. The van der Waals surface area contributed by atoms with Crippen molar-refractivity contribution in [2.45, 2.75) is 26.4 Å². The fourth-order valence-corrected chi connectivity index (χ4v) is 1.26. The molecule has 0 spiro atoms. The molecule has 0 saturated heterocycles. The molecule has 0 bridgehead atoms. The minimum atomic E-state index is -0.520. The average Bonchev–Trinajstić information content (AvgIpc) is 2.24. The summed E-state index contributed by atoms with van der Waals surface area (Å²) in [6, 6.07) is 5.60. The van der Waals surface area contributed by atoms with Crippen molar-refractivity contribution < 1.29 is 9.18 Å². The van der Waals surface area contributed by atoms with E-state index in [1.54, 1.807) is 12.1 Å². The van der Waals surface area contributed by atoms with Gasteiger partial charge in [-0.15, -0.1) is 12.4 Å². The number of carbonyl (C=O) groups is 1. The molecule has 0 aromatic heterocycles. The van der Waals surface area contributed by atoms with Crippen LogP contribution in [0.2, 0.25) is 0 Å². The molecule has 0 radical (unpaired) electrons. The van der Waals surface area contributed by atoms with Crippen LogP contribution >= 0.6 is 12.4 Å². The summed E-state index contributed by atoms with van der Waals surface area (Å²) in [6.45, 7) is 4.07. The van der Waals surface area contributed by atoms with Gasteiger partial charge in [-0.3, -0.25) is 4.79 Å². The Kier molecular flexibility index (Phi) is 6.76. The van der Waals surface area contributed by atoms with E-state index in [-0.39, 0.29) is 30.0 Å². The summed E-state index contributed by atoms with van der Waals surface area (Å²) >= 11 is 0. The largest absolute Gasteiger partial charge is 0.351 e. The van der Waals surface area contributed by atoms with Crippen molar-refractivity contribution in [1.82, 2.24) is 5.32 Å². The molecule has 17 heavy (non-hydrogen) atoms. The summed E-state index contributed by atoms with van der Waals surface area (Å²) in [5.41, 5.74) is 6.39. The molecule has 0 fully saturated rings. The number of amides is 1. The van der Waals surface area contributed by atoms with E-state index in [9.17, 15) is 9.18 Å². The topological polar surface area (TPSA) is 55.1 Å². The highest BCUT2D eigenvalue weighted by molar-refractivity contribution is 5.85. The number of rotatable bonds is 4. The third kappa shape index (κ3) is 5.15. The summed E-state index contributed by atoms with van der Waals surface area (Å²) in [5.74, 6) is -0.424. The monoisotopic (exact) mass is 260 g/mol. The molecule has 0 saturated carbocycles. The van der Waals surface area contributed by atoms with E-state index in [0.717, 1.165) is 5.56 Å². The Balaban J connectivity index is 0.00000256.